The molecule has 1 fully saturated rings. The van der Waals surface area contributed by atoms with E-state index in [9.17, 15) is 9.90 Å². The molecule has 2 aromatic carbocycles. The van der Waals surface area contributed by atoms with E-state index in [1.54, 1.807) is 12.1 Å². The lowest BCUT2D eigenvalue weighted by Gasteiger charge is -2.18. The van der Waals surface area contributed by atoms with Crippen LogP contribution in [0, 0.1) is 0 Å². The Labute approximate surface area is 164 Å². The van der Waals surface area contributed by atoms with Gasteiger partial charge in [-0.3, -0.25) is 0 Å². The van der Waals surface area contributed by atoms with E-state index in [-0.39, 0.29) is 18.3 Å². The normalized spacial score (nSPS) is 20.8. The first-order chi connectivity index (χ1) is 13.4. The van der Waals surface area contributed by atoms with Crippen molar-refractivity contribution in [3.05, 3.63) is 65.2 Å². The minimum atomic E-state index is -0.923. The van der Waals surface area contributed by atoms with Gasteiger partial charge in [0.25, 0.3) is 0 Å². The molecule has 150 valence electrons. The Morgan fingerprint density at radius 2 is 1.71 bits per heavy atom. The van der Waals surface area contributed by atoms with E-state index in [1.807, 2.05) is 50.2 Å². The summed E-state index contributed by atoms with van der Waals surface area (Å²) >= 11 is 0. The molecule has 0 aromatic heterocycles. The van der Waals surface area contributed by atoms with Crippen molar-refractivity contribution in [3.63, 3.8) is 0 Å². The minimum absolute atomic E-state index is 0.120. The topological polar surface area (TPSA) is 85.2 Å². The summed E-state index contributed by atoms with van der Waals surface area (Å²) in [5.74, 6) is -0.884. The van der Waals surface area contributed by atoms with E-state index in [0.717, 1.165) is 29.7 Å². The molecule has 0 spiro atoms. The summed E-state index contributed by atoms with van der Waals surface area (Å²) in [4.78, 5) is 11.0. The minimum Gasteiger partial charge on any atom is -0.490 e. The third-order valence-electron chi connectivity index (χ3n) is 4.72. The van der Waals surface area contributed by atoms with Gasteiger partial charge in [-0.2, -0.15) is 0 Å². The van der Waals surface area contributed by atoms with Crippen LogP contribution in [0.4, 0.5) is 0 Å². The van der Waals surface area contributed by atoms with Gasteiger partial charge in [0.2, 0.25) is 0 Å². The molecular weight excluding hydrogens is 360 g/mol. The van der Waals surface area contributed by atoms with Gasteiger partial charge in [-0.1, -0.05) is 30.3 Å². The second-order valence-corrected chi connectivity index (χ2v) is 7.32. The van der Waals surface area contributed by atoms with E-state index in [0.29, 0.717) is 6.61 Å². The Morgan fingerprint density at radius 3 is 2.39 bits per heavy atom. The number of carbonyl (C=O) groups is 1. The highest BCUT2D eigenvalue weighted by atomic mass is 16.8. The molecule has 6 nitrogen and oxygen atoms in total. The largest absolute Gasteiger partial charge is 0.490 e. The number of benzene rings is 2. The van der Waals surface area contributed by atoms with Gasteiger partial charge in [0.1, 0.15) is 24.6 Å². The fourth-order valence-electron chi connectivity index (χ4n) is 3.32. The number of hydrogen-bond acceptors (Lipinski definition) is 5. The Bertz CT molecular complexity index is 799. The number of para-hydroxylation sites is 1. The summed E-state index contributed by atoms with van der Waals surface area (Å²) in [6, 6.07) is 14.7. The lowest BCUT2D eigenvalue weighted by atomic mass is 10.0. The lowest BCUT2D eigenvalue weighted by molar-refractivity contribution is -0.150. The molecule has 0 amide bonds. The van der Waals surface area contributed by atoms with Gasteiger partial charge in [0.15, 0.2) is 5.79 Å². The van der Waals surface area contributed by atoms with E-state index < -0.39 is 17.9 Å². The number of aromatic carboxylic acids is 1. The second kappa shape index (κ2) is 8.73. The van der Waals surface area contributed by atoms with Gasteiger partial charge in [-0.25, -0.2) is 4.79 Å². The number of aryl methyl sites for hydroxylation is 2. The van der Waals surface area contributed by atoms with Gasteiger partial charge in [-0.05, 0) is 56.0 Å². The van der Waals surface area contributed by atoms with Crippen LogP contribution in [-0.2, 0) is 22.3 Å². The summed E-state index contributed by atoms with van der Waals surface area (Å²) in [5, 5.41) is 18.5. The molecule has 1 heterocycles. The highest BCUT2D eigenvalue weighted by Gasteiger charge is 2.41. The maximum atomic E-state index is 11.0. The van der Waals surface area contributed by atoms with Crippen LogP contribution in [0.5, 0.6) is 5.75 Å². The van der Waals surface area contributed by atoms with Crippen LogP contribution in [0.25, 0.3) is 0 Å². The molecular formula is C22H26O6. The monoisotopic (exact) mass is 386 g/mol. The summed E-state index contributed by atoms with van der Waals surface area (Å²) in [6.07, 6.45) is 0.793. The molecule has 2 aromatic rings. The van der Waals surface area contributed by atoms with Gasteiger partial charge in [0.05, 0.1) is 12.2 Å². The van der Waals surface area contributed by atoms with Crippen LogP contribution in [0.3, 0.4) is 0 Å². The number of hydrogen-bond donors (Lipinski definition) is 2. The maximum Gasteiger partial charge on any atom is 0.335 e. The van der Waals surface area contributed by atoms with Crippen LogP contribution in [0.2, 0.25) is 0 Å². The molecule has 0 unspecified atom stereocenters. The molecule has 0 bridgehead atoms. The standard InChI is InChI=1S/C22H26O6/c1-22(2)27-19(13-23)20(28-22)14-26-18-6-4-3-5-16(18)10-7-15-8-11-17(12-9-15)21(24)25/h3-6,8-9,11-12,19-20,23H,7,10,13-14H2,1-2H3,(H,24,25)/t19-,20-/m0/s1. The molecule has 0 saturated carbocycles. The molecule has 2 N–H and O–H groups in total. The van der Waals surface area contributed by atoms with E-state index >= 15 is 0 Å². The maximum absolute atomic E-state index is 11.0. The Hall–Kier alpha value is -2.41. The van der Waals surface area contributed by atoms with Crippen molar-refractivity contribution >= 4 is 5.97 Å². The summed E-state index contributed by atoms with van der Waals surface area (Å²) < 4.78 is 17.5. The van der Waals surface area contributed by atoms with E-state index in [2.05, 4.69) is 0 Å². The van der Waals surface area contributed by atoms with Crippen molar-refractivity contribution in [2.45, 2.75) is 44.7 Å². The van der Waals surface area contributed by atoms with Crippen LogP contribution in [0.15, 0.2) is 48.5 Å². The molecule has 1 aliphatic rings. The summed E-state index contributed by atoms with van der Waals surface area (Å²) in [5.41, 5.74) is 2.41. The first-order valence-corrected chi connectivity index (χ1v) is 9.37. The predicted molar refractivity (Wildman–Crippen MR) is 104 cm³/mol. The molecule has 3 rings (SSSR count). The Balaban J connectivity index is 1.61. The zero-order valence-electron chi connectivity index (χ0n) is 16.1. The van der Waals surface area contributed by atoms with Gasteiger partial charge in [0, 0.05) is 0 Å². The van der Waals surface area contributed by atoms with E-state index in [4.69, 9.17) is 19.3 Å². The number of aliphatic hydroxyl groups is 1. The third-order valence-corrected chi connectivity index (χ3v) is 4.72. The Kier molecular flexibility index (Phi) is 6.34. The number of rotatable bonds is 8. The summed E-state index contributed by atoms with van der Waals surface area (Å²) in [6.45, 7) is 3.81. The van der Waals surface area contributed by atoms with E-state index in [1.165, 1.54) is 0 Å². The van der Waals surface area contributed by atoms with Crippen LogP contribution >= 0.6 is 0 Å². The van der Waals surface area contributed by atoms with Gasteiger partial charge in [-0.15, -0.1) is 0 Å². The van der Waals surface area contributed by atoms with Crippen molar-refractivity contribution in [2.24, 2.45) is 0 Å². The quantitative estimate of drug-likeness (QED) is 0.725. The van der Waals surface area contributed by atoms with Gasteiger partial charge < -0.3 is 24.4 Å². The number of aliphatic hydroxyl groups excluding tert-OH is 1. The Morgan fingerprint density at radius 1 is 1.04 bits per heavy atom. The fraction of sp³-hybridized carbons (Fsp3) is 0.409. The molecule has 28 heavy (non-hydrogen) atoms. The molecule has 1 aliphatic heterocycles. The highest BCUT2D eigenvalue weighted by Crippen LogP contribution is 2.29. The van der Waals surface area contributed by atoms with Crippen LogP contribution in [0.1, 0.15) is 35.3 Å². The van der Waals surface area contributed by atoms with Crippen molar-refractivity contribution in [3.8, 4) is 5.75 Å². The number of carboxylic acids is 1. The summed E-state index contributed by atoms with van der Waals surface area (Å²) in [7, 11) is 0. The number of ether oxygens (including phenoxy) is 3. The van der Waals surface area contributed by atoms with Crippen LogP contribution in [-0.4, -0.2) is 47.4 Å². The lowest BCUT2D eigenvalue weighted by Crippen LogP contribution is -2.31. The SMILES string of the molecule is CC1(C)O[C@@H](CO)[C@H](COc2ccccc2CCc2ccc(C(=O)O)cc2)O1. The molecule has 6 heteroatoms. The average molecular weight is 386 g/mol. The first-order valence-electron chi connectivity index (χ1n) is 9.37. The second-order valence-electron chi connectivity index (χ2n) is 7.32. The van der Waals surface area contributed by atoms with Crippen LogP contribution < -0.4 is 4.74 Å². The van der Waals surface area contributed by atoms with Gasteiger partial charge >= 0.3 is 5.97 Å². The zero-order chi connectivity index (χ0) is 20.1. The molecule has 0 aliphatic carbocycles. The molecule has 1 saturated heterocycles. The van der Waals surface area contributed by atoms with Crippen molar-refractivity contribution in [1.29, 1.82) is 0 Å². The molecule has 2 atom stereocenters. The highest BCUT2D eigenvalue weighted by molar-refractivity contribution is 5.87. The van der Waals surface area contributed by atoms with Crippen molar-refractivity contribution in [2.75, 3.05) is 13.2 Å². The van der Waals surface area contributed by atoms with Crippen molar-refractivity contribution in [1.82, 2.24) is 0 Å². The first kappa shape index (κ1) is 20.3. The third kappa shape index (κ3) is 5.10. The number of carboxylic acid groups (broad SMARTS) is 1. The zero-order valence-corrected chi connectivity index (χ0v) is 16.1. The molecule has 0 radical (unpaired) electrons. The predicted octanol–water partition coefficient (Wildman–Crippen LogP) is 3.06. The van der Waals surface area contributed by atoms with Crippen molar-refractivity contribution < 1.29 is 29.2 Å². The fourth-order valence-corrected chi connectivity index (χ4v) is 3.32. The smallest absolute Gasteiger partial charge is 0.335 e. The average Bonchev–Trinajstić information content (AvgIpc) is 2.99.